The van der Waals surface area contributed by atoms with Crippen LogP contribution in [-0.2, 0) is 6.18 Å². The van der Waals surface area contributed by atoms with Crippen molar-refractivity contribution in [3.8, 4) is 0 Å². The van der Waals surface area contributed by atoms with Crippen LogP contribution in [0.2, 0.25) is 0 Å². The number of halogens is 3. The van der Waals surface area contributed by atoms with Crippen molar-refractivity contribution in [2.75, 3.05) is 17.6 Å². The minimum atomic E-state index is -4.46. The van der Waals surface area contributed by atoms with E-state index in [9.17, 15) is 13.2 Å². The summed E-state index contributed by atoms with van der Waals surface area (Å²) in [5, 5.41) is 2.82. The van der Waals surface area contributed by atoms with Crippen molar-refractivity contribution >= 4 is 11.4 Å². The fourth-order valence-corrected chi connectivity index (χ4v) is 1.14. The van der Waals surface area contributed by atoms with Gasteiger partial charge < -0.3 is 11.1 Å². The van der Waals surface area contributed by atoms with E-state index in [2.05, 4.69) is 10.3 Å². The summed E-state index contributed by atoms with van der Waals surface area (Å²) in [6.45, 7) is 4.23. The Labute approximate surface area is 97.5 Å². The Morgan fingerprint density at radius 1 is 1.47 bits per heavy atom. The van der Waals surface area contributed by atoms with Crippen LogP contribution in [-0.4, -0.2) is 11.5 Å². The van der Waals surface area contributed by atoms with Crippen molar-refractivity contribution in [1.82, 2.24) is 4.98 Å². The number of nitrogen functional groups attached to an aromatic ring is 1. The van der Waals surface area contributed by atoms with Gasteiger partial charge in [-0.3, -0.25) is 0 Å². The van der Waals surface area contributed by atoms with Crippen molar-refractivity contribution in [1.29, 1.82) is 0 Å². The average Bonchev–Trinajstić information content (AvgIpc) is 2.18. The Kier molecular flexibility index (Phi) is 3.98. The molecule has 3 N–H and O–H groups in total. The Morgan fingerprint density at radius 2 is 2.12 bits per heavy atom. The Bertz CT molecular complexity index is 420. The normalized spacial score (nSPS) is 11.1. The number of aromatic nitrogens is 1. The molecule has 0 radical (unpaired) electrons. The summed E-state index contributed by atoms with van der Waals surface area (Å²) >= 11 is 0. The zero-order valence-electron chi connectivity index (χ0n) is 9.60. The van der Waals surface area contributed by atoms with Gasteiger partial charge in [0.1, 0.15) is 5.69 Å². The maximum Gasteiger partial charge on any atom is 0.433 e. The first kappa shape index (κ1) is 13.3. The summed E-state index contributed by atoms with van der Waals surface area (Å²) in [6.07, 6.45) is -1.60. The van der Waals surface area contributed by atoms with Gasteiger partial charge in [-0.05, 0) is 19.9 Å². The molecule has 0 saturated carbocycles. The Balaban J connectivity index is 2.88. The lowest BCUT2D eigenvalue weighted by molar-refractivity contribution is -0.141. The molecule has 17 heavy (non-hydrogen) atoms. The number of hydrogen-bond acceptors (Lipinski definition) is 3. The number of hydrogen-bond donors (Lipinski definition) is 2. The highest BCUT2D eigenvalue weighted by Gasteiger charge is 2.32. The first-order valence-corrected chi connectivity index (χ1v) is 5.00. The van der Waals surface area contributed by atoms with Gasteiger partial charge in [0.25, 0.3) is 0 Å². The molecule has 0 aliphatic carbocycles. The number of anilines is 2. The molecule has 0 unspecified atom stereocenters. The van der Waals surface area contributed by atoms with Gasteiger partial charge in [0.05, 0.1) is 17.6 Å². The lowest BCUT2D eigenvalue weighted by Gasteiger charge is -2.11. The van der Waals surface area contributed by atoms with Crippen molar-refractivity contribution in [3.05, 3.63) is 29.6 Å². The highest BCUT2D eigenvalue weighted by molar-refractivity contribution is 5.65. The van der Waals surface area contributed by atoms with Crippen LogP contribution < -0.4 is 11.1 Å². The van der Waals surface area contributed by atoms with Crippen molar-refractivity contribution in [2.24, 2.45) is 0 Å². The molecule has 0 bridgehead atoms. The molecule has 0 amide bonds. The van der Waals surface area contributed by atoms with E-state index >= 15 is 0 Å². The monoisotopic (exact) mass is 245 g/mol. The number of rotatable bonds is 3. The van der Waals surface area contributed by atoms with Gasteiger partial charge in [-0.15, -0.1) is 0 Å². The molecule has 0 saturated heterocycles. The van der Waals surface area contributed by atoms with E-state index in [4.69, 9.17) is 5.73 Å². The number of pyridine rings is 1. The Hall–Kier alpha value is -1.72. The van der Waals surface area contributed by atoms with Crippen LogP contribution in [0.25, 0.3) is 0 Å². The summed E-state index contributed by atoms with van der Waals surface area (Å²) in [6, 6.07) is 0.911. The predicted octanol–water partition coefficient (Wildman–Crippen LogP) is 3.06. The summed E-state index contributed by atoms with van der Waals surface area (Å²) in [4.78, 5) is 3.25. The molecule has 0 aromatic carbocycles. The van der Waals surface area contributed by atoms with Crippen LogP contribution in [0.1, 0.15) is 19.5 Å². The molecular weight excluding hydrogens is 231 g/mol. The van der Waals surface area contributed by atoms with Gasteiger partial charge in [-0.2, -0.15) is 13.2 Å². The van der Waals surface area contributed by atoms with Gasteiger partial charge in [-0.25, -0.2) is 4.98 Å². The molecule has 3 nitrogen and oxygen atoms in total. The average molecular weight is 245 g/mol. The third-order valence-corrected chi connectivity index (χ3v) is 2.03. The molecule has 94 valence electrons. The molecular formula is C11H14F3N3. The summed E-state index contributed by atoms with van der Waals surface area (Å²) < 4.78 is 37.2. The van der Waals surface area contributed by atoms with Crippen LogP contribution in [0.15, 0.2) is 23.9 Å². The van der Waals surface area contributed by atoms with Crippen LogP contribution >= 0.6 is 0 Å². The molecule has 1 heterocycles. The minimum Gasteiger partial charge on any atom is -0.396 e. The highest BCUT2D eigenvalue weighted by Crippen LogP contribution is 2.30. The van der Waals surface area contributed by atoms with Gasteiger partial charge in [-0.1, -0.05) is 11.6 Å². The van der Waals surface area contributed by atoms with Gasteiger partial charge in [0.2, 0.25) is 0 Å². The maximum absolute atomic E-state index is 12.4. The third kappa shape index (κ3) is 3.97. The largest absolute Gasteiger partial charge is 0.433 e. The van der Waals surface area contributed by atoms with Crippen LogP contribution in [0, 0.1) is 0 Å². The lowest BCUT2D eigenvalue weighted by atomic mass is 10.2. The van der Waals surface area contributed by atoms with E-state index in [0.717, 1.165) is 17.8 Å². The number of alkyl halides is 3. The van der Waals surface area contributed by atoms with E-state index in [1.54, 1.807) is 0 Å². The fourth-order valence-electron chi connectivity index (χ4n) is 1.14. The van der Waals surface area contributed by atoms with Crippen molar-refractivity contribution < 1.29 is 13.2 Å². The van der Waals surface area contributed by atoms with E-state index in [1.807, 2.05) is 19.9 Å². The first-order chi connectivity index (χ1) is 7.80. The first-order valence-electron chi connectivity index (χ1n) is 5.00. The molecule has 0 fully saturated rings. The topological polar surface area (TPSA) is 50.9 Å². The number of nitrogens with two attached hydrogens (primary N) is 1. The molecule has 0 aliphatic heterocycles. The van der Waals surface area contributed by atoms with E-state index in [0.29, 0.717) is 6.54 Å². The lowest BCUT2D eigenvalue weighted by Crippen LogP contribution is -2.11. The van der Waals surface area contributed by atoms with E-state index in [1.165, 1.54) is 0 Å². The second-order valence-electron chi connectivity index (χ2n) is 3.82. The van der Waals surface area contributed by atoms with Crippen molar-refractivity contribution in [3.63, 3.8) is 0 Å². The smallest absolute Gasteiger partial charge is 0.396 e. The second kappa shape index (κ2) is 5.07. The molecule has 0 atom stereocenters. The van der Waals surface area contributed by atoms with Gasteiger partial charge in [0, 0.05) is 6.54 Å². The zero-order valence-corrected chi connectivity index (χ0v) is 9.60. The highest BCUT2D eigenvalue weighted by atomic mass is 19.4. The zero-order chi connectivity index (χ0) is 13.1. The molecule has 1 aromatic heterocycles. The van der Waals surface area contributed by atoms with E-state index in [-0.39, 0.29) is 11.4 Å². The molecule has 0 aliphatic rings. The summed E-state index contributed by atoms with van der Waals surface area (Å²) in [7, 11) is 0. The fraction of sp³-hybridized carbons (Fsp3) is 0.364. The molecule has 6 heteroatoms. The SMILES string of the molecule is CC(C)=CCNc1cc(C(F)(F)F)ncc1N. The third-order valence-electron chi connectivity index (χ3n) is 2.03. The van der Waals surface area contributed by atoms with Gasteiger partial charge in [0.15, 0.2) is 0 Å². The molecule has 1 aromatic rings. The van der Waals surface area contributed by atoms with E-state index < -0.39 is 11.9 Å². The Morgan fingerprint density at radius 3 is 2.65 bits per heavy atom. The number of nitrogens with zero attached hydrogens (tertiary/aromatic N) is 1. The second-order valence-corrected chi connectivity index (χ2v) is 3.82. The minimum absolute atomic E-state index is 0.195. The summed E-state index contributed by atoms with van der Waals surface area (Å²) in [5.41, 5.74) is 6.09. The van der Waals surface area contributed by atoms with Crippen molar-refractivity contribution in [2.45, 2.75) is 20.0 Å². The molecule has 0 spiro atoms. The maximum atomic E-state index is 12.4. The van der Waals surface area contributed by atoms with Crippen LogP contribution in [0.4, 0.5) is 24.5 Å². The molecule has 1 rings (SSSR count). The standard InChI is InChI=1S/C11H14F3N3/c1-7(2)3-4-16-9-5-10(11(12,13)14)17-6-8(9)15/h3,5-6H,4,15H2,1-2H3,(H,16,17). The number of allylic oxidation sites excluding steroid dienone is 1. The summed E-state index contributed by atoms with van der Waals surface area (Å²) in [5.74, 6) is 0. The number of nitrogens with one attached hydrogen (secondary N) is 1. The van der Waals surface area contributed by atoms with Crippen LogP contribution in [0.5, 0.6) is 0 Å². The van der Waals surface area contributed by atoms with Crippen LogP contribution in [0.3, 0.4) is 0 Å². The predicted molar refractivity (Wildman–Crippen MR) is 61.6 cm³/mol. The van der Waals surface area contributed by atoms with Gasteiger partial charge >= 0.3 is 6.18 Å². The quantitative estimate of drug-likeness (QED) is 0.805.